The molecule has 0 spiro atoms. The number of hydrogen-bond acceptors (Lipinski definition) is 4. The molecule has 0 saturated heterocycles. The van der Waals surface area contributed by atoms with Gasteiger partial charge >= 0.3 is 0 Å². The number of nitrogens with one attached hydrogen (secondary N) is 2. The molecule has 0 radical (unpaired) electrons. The number of anilines is 1. The van der Waals surface area contributed by atoms with E-state index in [0.29, 0.717) is 18.7 Å². The first kappa shape index (κ1) is 16.1. The molecule has 0 bridgehead atoms. The first-order valence-corrected chi connectivity index (χ1v) is 6.16. The zero-order valence-electron chi connectivity index (χ0n) is 11.2. The molecule has 20 heavy (non-hydrogen) atoms. The van der Waals surface area contributed by atoms with Crippen molar-refractivity contribution < 1.29 is 4.79 Å². The van der Waals surface area contributed by atoms with E-state index < -0.39 is 0 Å². The summed E-state index contributed by atoms with van der Waals surface area (Å²) >= 11 is 0. The molecule has 1 aromatic heterocycles. The highest BCUT2D eigenvalue weighted by Gasteiger charge is 2.05. The Labute approximate surface area is 123 Å². The number of aromatic amines is 1. The minimum Gasteiger partial charge on any atom is -0.328 e. The van der Waals surface area contributed by atoms with Crippen LogP contribution in [0.1, 0.15) is 19.8 Å². The predicted molar refractivity (Wildman–Crippen MR) is 80.6 cm³/mol. The molecule has 0 aliphatic heterocycles. The molecule has 2 rings (SSSR count). The molecular weight excluding hydrogens is 278 g/mol. The van der Waals surface area contributed by atoms with Crippen molar-refractivity contribution in [1.82, 2.24) is 15.2 Å². The second-order valence-electron chi connectivity index (χ2n) is 4.48. The van der Waals surface area contributed by atoms with Gasteiger partial charge in [0, 0.05) is 23.7 Å². The molecular formula is C13H18ClN5O. The number of nitrogens with two attached hydrogens (primary N) is 1. The Morgan fingerprint density at radius 3 is 2.65 bits per heavy atom. The van der Waals surface area contributed by atoms with Crippen molar-refractivity contribution >= 4 is 24.0 Å². The van der Waals surface area contributed by atoms with Gasteiger partial charge in [0.1, 0.15) is 6.33 Å². The zero-order valence-corrected chi connectivity index (χ0v) is 12.0. The van der Waals surface area contributed by atoms with Gasteiger partial charge < -0.3 is 11.1 Å². The van der Waals surface area contributed by atoms with E-state index in [0.717, 1.165) is 11.3 Å². The third-order valence-corrected chi connectivity index (χ3v) is 2.68. The molecule has 108 valence electrons. The summed E-state index contributed by atoms with van der Waals surface area (Å²) in [5.74, 6) is 0.680. The second-order valence-corrected chi connectivity index (χ2v) is 4.48. The summed E-state index contributed by atoms with van der Waals surface area (Å²) in [7, 11) is 0. The molecule has 1 heterocycles. The third-order valence-electron chi connectivity index (χ3n) is 2.68. The van der Waals surface area contributed by atoms with Crippen LogP contribution in [0.25, 0.3) is 11.4 Å². The predicted octanol–water partition coefficient (Wildman–Crippen LogP) is 1.96. The maximum atomic E-state index is 11.6. The van der Waals surface area contributed by atoms with E-state index in [-0.39, 0.29) is 24.4 Å². The lowest BCUT2D eigenvalue weighted by Crippen LogP contribution is -2.19. The van der Waals surface area contributed by atoms with Crippen LogP contribution >= 0.6 is 12.4 Å². The molecule has 1 unspecified atom stereocenters. The van der Waals surface area contributed by atoms with Crippen molar-refractivity contribution in [2.45, 2.75) is 25.8 Å². The molecule has 0 saturated carbocycles. The topological polar surface area (TPSA) is 96.7 Å². The van der Waals surface area contributed by atoms with Gasteiger partial charge in [-0.15, -0.1) is 12.4 Å². The molecule has 7 heteroatoms. The lowest BCUT2D eigenvalue weighted by Gasteiger charge is -2.07. The Hall–Kier alpha value is -1.92. The van der Waals surface area contributed by atoms with Crippen LogP contribution < -0.4 is 11.1 Å². The molecule has 1 amide bonds. The smallest absolute Gasteiger partial charge is 0.224 e. The van der Waals surface area contributed by atoms with E-state index in [2.05, 4.69) is 20.5 Å². The lowest BCUT2D eigenvalue weighted by atomic mass is 10.1. The van der Waals surface area contributed by atoms with Gasteiger partial charge in [0.2, 0.25) is 5.91 Å². The fraction of sp³-hybridized carbons (Fsp3) is 0.308. The lowest BCUT2D eigenvalue weighted by molar-refractivity contribution is -0.116. The monoisotopic (exact) mass is 295 g/mol. The minimum atomic E-state index is -0.0234. The summed E-state index contributed by atoms with van der Waals surface area (Å²) in [5, 5.41) is 9.41. The fourth-order valence-electron chi connectivity index (χ4n) is 1.64. The van der Waals surface area contributed by atoms with Crippen molar-refractivity contribution in [3.63, 3.8) is 0 Å². The number of rotatable bonds is 5. The average molecular weight is 296 g/mol. The summed E-state index contributed by atoms with van der Waals surface area (Å²) < 4.78 is 0. The maximum Gasteiger partial charge on any atom is 0.224 e. The van der Waals surface area contributed by atoms with Crippen LogP contribution in [-0.4, -0.2) is 27.1 Å². The van der Waals surface area contributed by atoms with Crippen LogP contribution in [0.5, 0.6) is 0 Å². The molecule has 4 N–H and O–H groups in total. The minimum absolute atomic E-state index is 0. The number of nitrogens with zero attached hydrogens (tertiary/aromatic N) is 2. The van der Waals surface area contributed by atoms with Crippen molar-refractivity contribution in [3.05, 3.63) is 30.6 Å². The van der Waals surface area contributed by atoms with E-state index in [9.17, 15) is 4.79 Å². The highest BCUT2D eigenvalue weighted by atomic mass is 35.5. The molecule has 0 aliphatic rings. The van der Waals surface area contributed by atoms with Crippen LogP contribution in [0, 0.1) is 0 Å². The maximum absolute atomic E-state index is 11.6. The fourth-order valence-corrected chi connectivity index (χ4v) is 1.64. The Balaban J connectivity index is 0.00000200. The Morgan fingerprint density at radius 1 is 1.40 bits per heavy atom. The van der Waals surface area contributed by atoms with Crippen molar-refractivity contribution in [1.29, 1.82) is 0 Å². The number of amides is 1. The van der Waals surface area contributed by atoms with Crippen molar-refractivity contribution in [3.8, 4) is 11.4 Å². The molecule has 0 aliphatic carbocycles. The molecule has 2 aromatic rings. The summed E-state index contributed by atoms with van der Waals surface area (Å²) in [6.45, 7) is 1.89. The van der Waals surface area contributed by atoms with Crippen LogP contribution in [0.3, 0.4) is 0 Å². The summed E-state index contributed by atoms with van der Waals surface area (Å²) in [5.41, 5.74) is 7.30. The van der Waals surface area contributed by atoms with Crippen LogP contribution in [-0.2, 0) is 4.79 Å². The average Bonchev–Trinajstić information content (AvgIpc) is 2.91. The number of aromatic nitrogens is 3. The van der Waals surface area contributed by atoms with Crippen LogP contribution in [0.15, 0.2) is 30.6 Å². The first-order valence-electron chi connectivity index (χ1n) is 6.16. The molecule has 1 atom stereocenters. The van der Waals surface area contributed by atoms with Crippen molar-refractivity contribution in [2.24, 2.45) is 5.73 Å². The van der Waals surface area contributed by atoms with Gasteiger partial charge in [-0.25, -0.2) is 4.98 Å². The van der Waals surface area contributed by atoms with Gasteiger partial charge in [-0.05, 0) is 37.6 Å². The van der Waals surface area contributed by atoms with Gasteiger partial charge in [0.05, 0.1) is 0 Å². The highest BCUT2D eigenvalue weighted by Crippen LogP contribution is 2.17. The van der Waals surface area contributed by atoms with E-state index in [1.807, 2.05) is 31.2 Å². The number of carbonyl (C=O) groups excluding carboxylic acids is 1. The first-order chi connectivity index (χ1) is 9.15. The standard InChI is InChI=1S/C13H17N5O.ClH/c1-9(14)2-7-12(19)17-11-5-3-10(4-6-11)13-15-8-16-18-13;/h3-6,8-9H,2,7,14H2,1H3,(H,17,19)(H,15,16,18);1H. The Morgan fingerprint density at radius 2 is 2.10 bits per heavy atom. The quantitative estimate of drug-likeness (QED) is 0.785. The molecule has 6 nitrogen and oxygen atoms in total. The Kier molecular flexibility index (Phi) is 6.14. The van der Waals surface area contributed by atoms with Crippen LogP contribution in [0.4, 0.5) is 5.69 Å². The van der Waals surface area contributed by atoms with E-state index in [1.54, 1.807) is 0 Å². The van der Waals surface area contributed by atoms with E-state index in [1.165, 1.54) is 6.33 Å². The van der Waals surface area contributed by atoms with E-state index >= 15 is 0 Å². The summed E-state index contributed by atoms with van der Waals surface area (Å²) in [4.78, 5) is 15.7. The van der Waals surface area contributed by atoms with Crippen LogP contribution in [0.2, 0.25) is 0 Å². The summed E-state index contributed by atoms with van der Waals surface area (Å²) in [6, 6.07) is 7.46. The SMILES string of the molecule is CC(N)CCC(=O)Nc1ccc(-c2ncn[nH]2)cc1.Cl. The summed E-state index contributed by atoms with van der Waals surface area (Å²) in [6.07, 6.45) is 2.57. The highest BCUT2D eigenvalue weighted by molar-refractivity contribution is 5.90. The number of halogens is 1. The van der Waals surface area contributed by atoms with Gasteiger partial charge in [-0.1, -0.05) is 0 Å². The van der Waals surface area contributed by atoms with E-state index in [4.69, 9.17) is 5.73 Å². The molecule has 0 fully saturated rings. The number of hydrogen-bond donors (Lipinski definition) is 3. The third kappa shape index (κ3) is 4.64. The number of H-pyrrole nitrogens is 1. The van der Waals surface area contributed by atoms with Gasteiger partial charge in [0.25, 0.3) is 0 Å². The van der Waals surface area contributed by atoms with Gasteiger partial charge in [-0.3, -0.25) is 9.89 Å². The zero-order chi connectivity index (χ0) is 13.7. The van der Waals surface area contributed by atoms with Gasteiger partial charge in [-0.2, -0.15) is 5.10 Å². The number of carbonyl (C=O) groups is 1. The molecule has 1 aromatic carbocycles. The largest absolute Gasteiger partial charge is 0.328 e. The Bertz CT molecular complexity index is 524. The second kappa shape index (κ2) is 7.62. The number of benzene rings is 1. The normalized spacial score (nSPS) is 11.5. The van der Waals surface area contributed by atoms with Crippen molar-refractivity contribution in [2.75, 3.05) is 5.32 Å². The van der Waals surface area contributed by atoms with Gasteiger partial charge in [0.15, 0.2) is 5.82 Å².